The van der Waals surface area contributed by atoms with Crippen molar-refractivity contribution in [1.82, 2.24) is 5.32 Å². The SMILES string of the molecule is CC(CO)C(C)NC(=O)CCC(C)(C)CCN. The summed E-state index contributed by atoms with van der Waals surface area (Å²) in [6.45, 7) is 8.86. The highest BCUT2D eigenvalue weighted by Crippen LogP contribution is 2.25. The van der Waals surface area contributed by atoms with Gasteiger partial charge in [0.2, 0.25) is 5.91 Å². The molecule has 0 saturated carbocycles. The van der Waals surface area contributed by atoms with Gasteiger partial charge < -0.3 is 16.2 Å². The van der Waals surface area contributed by atoms with Crippen LogP contribution in [0.3, 0.4) is 0 Å². The molecule has 17 heavy (non-hydrogen) atoms. The van der Waals surface area contributed by atoms with Crippen LogP contribution < -0.4 is 11.1 Å². The molecule has 0 fully saturated rings. The molecule has 0 heterocycles. The minimum atomic E-state index is 0.0186. The first-order valence-corrected chi connectivity index (χ1v) is 6.42. The third-order valence-electron chi connectivity index (χ3n) is 3.38. The van der Waals surface area contributed by atoms with Gasteiger partial charge in [0, 0.05) is 19.1 Å². The second-order valence-corrected chi connectivity index (χ2v) is 5.72. The van der Waals surface area contributed by atoms with Crippen molar-refractivity contribution < 1.29 is 9.90 Å². The summed E-state index contributed by atoms with van der Waals surface area (Å²) in [4.78, 5) is 11.7. The van der Waals surface area contributed by atoms with Crippen molar-refractivity contribution in [3.63, 3.8) is 0 Å². The Morgan fingerprint density at radius 2 is 1.94 bits per heavy atom. The van der Waals surface area contributed by atoms with E-state index in [4.69, 9.17) is 10.8 Å². The molecule has 0 radical (unpaired) electrons. The lowest BCUT2D eigenvalue weighted by molar-refractivity contribution is -0.122. The van der Waals surface area contributed by atoms with E-state index in [2.05, 4.69) is 19.2 Å². The molecule has 4 nitrogen and oxygen atoms in total. The van der Waals surface area contributed by atoms with Gasteiger partial charge in [-0.15, -0.1) is 0 Å². The molecule has 102 valence electrons. The van der Waals surface area contributed by atoms with Gasteiger partial charge in [0.1, 0.15) is 0 Å². The van der Waals surface area contributed by atoms with Crippen LogP contribution in [0.5, 0.6) is 0 Å². The van der Waals surface area contributed by atoms with Crippen molar-refractivity contribution in [3.05, 3.63) is 0 Å². The Labute approximate surface area is 105 Å². The van der Waals surface area contributed by atoms with E-state index in [-0.39, 0.29) is 29.9 Å². The first kappa shape index (κ1) is 16.4. The van der Waals surface area contributed by atoms with Gasteiger partial charge in [-0.1, -0.05) is 20.8 Å². The molecular weight excluding hydrogens is 216 g/mol. The number of amides is 1. The highest BCUT2D eigenvalue weighted by molar-refractivity contribution is 5.76. The maximum atomic E-state index is 11.7. The number of hydrogen-bond acceptors (Lipinski definition) is 3. The lowest BCUT2D eigenvalue weighted by atomic mass is 9.84. The van der Waals surface area contributed by atoms with Crippen molar-refractivity contribution >= 4 is 5.91 Å². The zero-order valence-electron chi connectivity index (χ0n) is 11.6. The van der Waals surface area contributed by atoms with E-state index in [1.54, 1.807) is 0 Å². The number of nitrogens with two attached hydrogens (primary N) is 1. The fourth-order valence-electron chi connectivity index (χ4n) is 1.59. The lowest BCUT2D eigenvalue weighted by Crippen LogP contribution is -2.38. The van der Waals surface area contributed by atoms with E-state index in [0.29, 0.717) is 13.0 Å². The number of aliphatic hydroxyl groups is 1. The third kappa shape index (κ3) is 7.34. The van der Waals surface area contributed by atoms with Gasteiger partial charge >= 0.3 is 0 Å². The minimum Gasteiger partial charge on any atom is -0.396 e. The van der Waals surface area contributed by atoms with Crippen molar-refractivity contribution in [1.29, 1.82) is 0 Å². The topological polar surface area (TPSA) is 75.3 Å². The van der Waals surface area contributed by atoms with Crippen LogP contribution in [0, 0.1) is 11.3 Å². The molecule has 4 N–H and O–H groups in total. The summed E-state index contributed by atoms with van der Waals surface area (Å²) >= 11 is 0. The van der Waals surface area contributed by atoms with Crippen molar-refractivity contribution in [2.24, 2.45) is 17.1 Å². The zero-order valence-corrected chi connectivity index (χ0v) is 11.6. The standard InChI is InChI=1S/C13H28N2O2/c1-10(9-16)11(2)15-12(17)5-6-13(3,4)7-8-14/h10-11,16H,5-9,14H2,1-4H3,(H,15,17). The maximum absolute atomic E-state index is 11.7. The normalized spacial score (nSPS) is 15.4. The van der Waals surface area contributed by atoms with Crippen LogP contribution in [-0.4, -0.2) is 30.2 Å². The molecule has 2 unspecified atom stereocenters. The van der Waals surface area contributed by atoms with Gasteiger partial charge in [-0.25, -0.2) is 0 Å². The molecular formula is C13H28N2O2. The largest absolute Gasteiger partial charge is 0.396 e. The Balaban J connectivity index is 3.95. The predicted octanol–water partition coefficient (Wildman–Crippen LogP) is 1.27. The van der Waals surface area contributed by atoms with E-state index in [1.807, 2.05) is 13.8 Å². The molecule has 1 amide bonds. The van der Waals surface area contributed by atoms with Crippen LogP contribution in [0.25, 0.3) is 0 Å². The monoisotopic (exact) mass is 244 g/mol. The molecule has 0 aromatic carbocycles. The van der Waals surface area contributed by atoms with Gasteiger partial charge in [-0.05, 0) is 37.6 Å². The minimum absolute atomic E-state index is 0.0186. The molecule has 2 atom stereocenters. The summed E-state index contributed by atoms with van der Waals surface area (Å²) in [6.07, 6.45) is 2.30. The van der Waals surface area contributed by atoms with Crippen molar-refractivity contribution in [3.8, 4) is 0 Å². The molecule has 0 rings (SSSR count). The summed E-state index contributed by atoms with van der Waals surface area (Å²) in [5, 5.41) is 11.9. The lowest BCUT2D eigenvalue weighted by Gasteiger charge is -2.24. The van der Waals surface area contributed by atoms with Crippen LogP contribution in [0.1, 0.15) is 47.0 Å². The number of rotatable bonds is 8. The van der Waals surface area contributed by atoms with E-state index < -0.39 is 0 Å². The van der Waals surface area contributed by atoms with Gasteiger partial charge in [0.05, 0.1) is 0 Å². The average molecular weight is 244 g/mol. The second-order valence-electron chi connectivity index (χ2n) is 5.72. The number of aliphatic hydroxyl groups excluding tert-OH is 1. The summed E-state index contributed by atoms with van der Waals surface area (Å²) in [7, 11) is 0. The van der Waals surface area contributed by atoms with Crippen LogP contribution in [0.2, 0.25) is 0 Å². The Hall–Kier alpha value is -0.610. The summed E-state index contributed by atoms with van der Waals surface area (Å²) in [5.74, 6) is 0.152. The van der Waals surface area contributed by atoms with Crippen LogP contribution in [0.15, 0.2) is 0 Å². The second kappa shape index (κ2) is 7.67. The van der Waals surface area contributed by atoms with E-state index >= 15 is 0 Å². The quantitative estimate of drug-likeness (QED) is 0.602. The number of carbonyl (C=O) groups is 1. The fraction of sp³-hybridized carbons (Fsp3) is 0.923. The predicted molar refractivity (Wildman–Crippen MR) is 70.5 cm³/mol. The number of hydrogen-bond donors (Lipinski definition) is 3. The van der Waals surface area contributed by atoms with Gasteiger partial charge in [0.15, 0.2) is 0 Å². The van der Waals surface area contributed by atoms with Crippen molar-refractivity contribution in [2.75, 3.05) is 13.2 Å². The maximum Gasteiger partial charge on any atom is 0.220 e. The fourth-order valence-corrected chi connectivity index (χ4v) is 1.59. The Morgan fingerprint density at radius 1 is 1.35 bits per heavy atom. The smallest absolute Gasteiger partial charge is 0.220 e. The van der Waals surface area contributed by atoms with Crippen LogP contribution in [-0.2, 0) is 4.79 Å². The number of carbonyl (C=O) groups excluding carboxylic acids is 1. The third-order valence-corrected chi connectivity index (χ3v) is 3.38. The Morgan fingerprint density at radius 3 is 2.41 bits per heavy atom. The average Bonchev–Trinajstić information content (AvgIpc) is 2.25. The van der Waals surface area contributed by atoms with Crippen LogP contribution in [0.4, 0.5) is 0 Å². The van der Waals surface area contributed by atoms with Crippen molar-refractivity contribution in [2.45, 2.75) is 53.0 Å². The molecule has 0 saturated heterocycles. The molecule has 0 aliphatic heterocycles. The zero-order chi connectivity index (χ0) is 13.5. The van der Waals surface area contributed by atoms with Gasteiger partial charge in [-0.3, -0.25) is 4.79 Å². The van der Waals surface area contributed by atoms with Crippen LogP contribution >= 0.6 is 0 Å². The number of nitrogens with one attached hydrogen (secondary N) is 1. The van der Waals surface area contributed by atoms with E-state index in [1.165, 1.54) is 0 Å². The summed E-state index contributed by atoms with van der Waals surface area (Å²) in [6, 6.07) is 0.0186. The first-order valence-electron chi connectivity index (χ1n) is 6.42. The highest BCUT2D eigenvalue weighted by atomic mass is 16.3. The molecule has 0 bridgehead atoms. The molecule has 0 aromatic rings. The van der Waals surface area contributed by atoms with Gasteiger partial charge in [0.25, 0.3) is 0 Å². The molecule has 0 spiro atoms. The first-order chi connectivity index (χ1) is 7.82. The Bertz CT molecular complexity index is 229. The molecule has 0 aliphatic rings. The van der Waals surface area contributed by atoms with Gasteiger partial charge in [-0.2, -0.15) is 0 Å². The van der Waals surface area contributed by atoms with E-state index in [9.17, 15) is 4.79 Å². The highest BCUT2D eigenvalue weighted by Gasteiger charge is 2.19. The summed E-state index contributed by atoms with van der Waals surface area (Å²) in [5.41, 5.74) is 5.65. The molecule has 4 heteroatoms. The molecule has 0 aliphatic carbocycles. The Kier molecular flexibility index (Phi) is 7.39. The van der Waals surface area contributed by atoms with E-state index in [0.717, 1.165) is 12.8 Å². The summed E-state index contributed by atoms with van der Waals surface area (Å²) < 4.78 is 0. The molecule has 0 aromatic heterocycles.